The quantitative estimate of drug-likeness (QED) is 0.672. The first-order valence-electron chi connectivity index (χ1n) is 9.34. The van der Waals surface area contributed by atoms with E-state index in [9.17, 15) is 19.2 Å². The maximum absolute atomic E-state index is 11.9. The molecule has 0 radical (unpaired) electrons. The van der Waals surface area contributed by atoms with Gasteiger partial charge in [0.2, 0.25) is 11.8 Å². The Balaban J connectivity index is 1.56. The lowest BCUT2D eigenvalue weighted by molar-refractivity contribution is -0.150. The standard InChI is InChI=1S/C20H26N2O5/c23-17(13-15-7-3-1-4-8-15)21-12-11-19(25)27-14-18(24)22-20(26)16-9-5-2-6-10-16/h1,3-4,7-8,16H,2,5-6,9-14H2,(H,21,23)(H,22,24,26). The smallest absolute Gasteiger partial charge is 0.308 e. The van der Waals surface area contributed by atoms with E-state index in [0.717, 1.165) is 37.7 Å². The molecule has 3 amide bonds. The van der Waals surface area contributed by atoms with Crippen LogP contribution in [0, 0.1) is 5.92 Å². The second-order valence-corrected chi connectivity index (χ2v) is 6.67. The second-order valence-electron chi connectivity index (χ2n) is 6.67. The topological polar surface area (TPSA) is 102 Å². The number of amides is 3. The van der Waals surface area contributed by atoms with Crippen LogP contribution in [-0.4, -0.2) is 36.8 Å². The summed E-state index contributed by atoms with van der Waals surface area (Å²) in [7, 11) is 0. The van der Waals surface area contributed by atoms with Gasteiger partial charge in [0, 0.05) is 12.5 Å². The van der Waals surface area contributed by atoms with Gasteiger partial charge in [0.25, 0.3) is 5.91 Å². The molecular weight excluding hydrogens is 348 g/mol. The molecule has 1 aliphatic carbocycles. The Hall–Kier alpha value is -2.70. The molecule has 0 bridgehead atoms. The Labute approximate surface area is 158 Å². The molecule has 7 nitrogen and oxygen atoms in total. The molecule has 0 aliphatic heterocycles. The van der Waals surface area contributed by atoms with E-state index in [2.05, 4.69) is 10.6 Å². The molecule has 0 spiro atoms. The lowest BCUT2D eigenvalue weighted by atomic mass is 9.89. The zero-order valence-corrected chi connectivity index (χ0v) is 15.4. The zero-order valence-electron chi connectivity index (χ0n) is 15.4. The molecule has 27 heavy (non-hydrogen) atoms. The number of imide groups is 1. The van der Waals surface area contributed by atoms with Gasteiger partial charge in [-0.2, -0.15) is 0 Å². The van der Waals surface area contributed by atoms with Crippen LogP contribution in [0.3, 0.4) is 0 Å². The first kappa shape index (κ1) is 20.6. The highest BCUT2D eigenvalue weighted by Gasteiger charge is 2.22. The van der Waals surface area contributed by atoms with Crippen molar-refractivity contribution in [2.45, 2.75) is 44.9 Å². The van der Waals surface area contributed by atoms with Crippen molar-refractivity contribution in [3.63, 3.8) is 0 Å². The van der Waals surface area contributed by atoms with Crippen LogP contribution < -0.4 is 10.6 Å². The van der Waals surface area contributed by atoms with Gasteiger partial charge >= 0.3 is 5.97 Å². The van der Waals surface area contributed by atoms with E-state index in [-0.39, 0.29) is 37.1 Å². The van der Waals surface area contributed by atoms with E-state index in [1.807, 2.05) is 30.3 Å². The van der Waals surface area contributed by atoms with Crippen molar-refractivity contribution >= 4 is 23.7 Å². The van der Waals surface area contributed by atoms with E-state index in [0.29, 0.717) is 0 Å². The predicted molar refractivity (Wildman–Crippen MR) is 98.5 cm³/mol. The number of carbonyl (C=O) groups excluding carboxylic acids is 4. The molecule has 0 aromatic heterocycles. The average molecular weight is 374 g/mol. The second kappa shape index (κ2) is 11.1. The molecule has 1 aromatic carbocycles. The van der Waals surface area contributed by atoms with E-state index in [1.54, 1.807) is 0 Å². The number of esters is 1. The van der Waals surface area contributed by atoms with Gasteiger partial charge in [-0.1, -0.05) is 49.6 Å². The van der Waals surface area contributed by atoms with Crippen LogP contribution in [0.25, 0.3) is 0 Å². The molecular formula is C20H26N2O5. The van der Waals surface area contributed by atoms with Crippen molar-refractivity contribution in [2.24, 2.45) is 5.92 Å². The molecule has 0 saturated heterocycles. The number of nitrogens with one attached hydrogen (secondary N) is 2. The summed E-state index contributed by atoms with van der Waals surface area (Å²) in [6.07, 6.45) is 4.90. The fourth-order valence-corrected chi connectivity index (χ4v) is 3.01. The first-order valence-corrected chi connectivity index (χ1v) is 9.34. The van der Waals surface area contributed by atoms with Crippen LogP contribution in [-0.2, 0) is 30.3 Å². The van der Waals surface area contributed by atoms with Crippen LogP contribution in [0.1, 0.15) is 44.1 Å². The molecule has 146 valence electrons. The Morgan fingerprint density at radius 3 is 2.37 bits per heavy atom. The number of carbonyl (C=O) groups is 4. The summed E-state index contributed by atoms with van der Waals surface area (Å²) in [5.74, 6) is -1.82. The summed E-state index contributed by atoms with van der Waals surface area (Å²) in [6, 6.07) is 9.27. The van der Waals surface area contributed by atoms with E-state index in [4.69, 9.17) is 4.74 Å². The van der Waals surface area contributed by atoms with Gasteiger partial charge in [-0.05, 0) is 18.4 Å². The minimum atomic E-state index is -0.618. The maximum atomic E-state index is 11.9. The Morgan fingerprint density at radius 1 is 0.963 bits per heavy atom. The number of hydrogen-bond donors (Lipinski definition) is 2. The summed E-state index contributed by atoms with van der Waals surface area (Å²) in [5, 5.41) is 4.91. The van der Waals surface area contributed by atoms with Crippen molar-refractivity contribution in [1.29, 1.82) is 0 Å². The molecule has 2 N–H and O–H groups in total. The van der Waals surface area contributed by atoms with Crippen LogP contribution in [0.4, 0.5) is 0 Å². The van der Waals surface area contributed by atoms with Gasteiger partial charge in [-0.15, -0.1) is 0 Å². The summed E-state index contributed by atoms with van der Waals surface area (Å²) in [6.45, 7) is -0.359. The molecule has 0 unspecified atom stereocenters. The fourth-order valence-electron chi connectivity index (χ4n) is 3.01. The van der Waals surface area contributed by atoms with Crippen molar-refractivity contribution < 1.29 is 23.9 Å². The number of benzene rings is 1. The SMILES string of the molecule is O=C(Cc1ccccc1)NCCC(=O)OCC(=O)NC(=O)C1CCCCC1. The van der Waals surface area contributed by atoms with E-state index in [1.165, 1.54) is 0 Å². The molecule has 1 aromatic rings. The van der Waals surface area contributed by atoms with Crippen molar-refractivity contribution in [3.8, 4) is 0 Å². The molecule has 1 saturated carbocycles. The van der Waals surface area contributed by atoms with Crippen LogP contribution in [0.5, 0.6) is 0 Å². The molecule has 0 heterocycles. The van der Waals surface area contributed by atoms with Crippen molar-refractivity contribution in [1.82, 2.24) is 10.6 Å². The zero-order chi connectivity index (χ0) is 19.5. The van der Waals surface area contributed by atoms with Gasteiger partial charge in [0.1, 0.15) is 0 Å². The number of hydrogen-bond acceptors (Lipinski definition) is 5. The monoisotopic (exact) mass is 374 g/mol. The van der Waals surface area contributed by atoms with Gasteiger partial charge < -0.3 is 10.1 Å². The summed E-state index contributed by atoms with van der Waals surface area (Å²) >= 11 is 0. The largest absolute Gasteiger partial charge is 0.456 e. The molecule has 0 atom stereocenters. The third-order valence-electron chi connectivity index (χ3n) is 4.46. The highest BCUT2D eigenvalue weighted by molar-refractivity contribution is 5.97. The third kappa shape index (κ3) is 8.02. The van der Waals surface area contributed by atoms with Gasteiger partial charge in [0.05, 0.1) is 12.8 Å². The third-order valence-corrected chi connectivity index (χ3v) is 4.46. The van der Waals surface area contributed by atoms with E-state index >= 15 is 0 Å². The molecule has 1 aliphatic rings. The van der Waals surface area contributed by atoms with Crippen LogP contribution in [0.2, 0.25) is 0 Å². The normalized spacial score (nSPS) is 14.2. The highest BCUT2D eigenvalue weighted by Crippen LogP contribution is 2.23. The van der Waals surface area contributed by atoms with Gasteiger partial charge in [-0.25, -0.2) is 0 Å². The highest BCUT2D eigenvalue weighted by atomic mass is 16.5. The van der Waals surface area contributed by atoms with Crippen molar-refractivity contribution in [3.05, 3.63) is 35.9 Å². The number of ether oxygens (including phenoxy) is 1. The van der Waals surface area contributed by atoms with Gasteiger partial charge in [0.15, 0.2) is 6.61 Å². The van der Waals surface area contributed by atoms with Crippen LogP contribution >= 0.6 is 0 Å². The van der Waals surface area contributed by atoms with Gasteiger partial charge in [-0.3, -0.25) is 24.5 Å². The Morgan fingerprint density at radius 2 is 1.67 bits per heavy atom. The minimum absolute atomic E-state index is 0.0373. The summed E-state index contributed by atoms with van der Waals surface area (Å²) in [4.78, 5) is 47.0. The summed E-state index contributed by atoms with van der Waals surface area (Å²) < 4.78 is 4.84. The van der Waals surface area contributed by atoms with E-state index < -0.39 is 18.5 Å². The summed E-state index contributed by atoms with van der Waals surface area (Å²) in [5.41, 5.74) is 0.886. The lowest BCUT2D eigenvalue weighted by Gasteiger charge is -2.20. The Kier molecular flexibility index (Phi) is 8.48. The first-order chi connectivity index (χ1) is 13.0. The maximum Gasteiger partial charge on any atom is 0.308 e. The molecule has 1 fully saturated rings. The van der Waals surface area contributed by atoms with Crippen molar-refractivity contribution in [2.75, 3.05) is 13.2 Å². The lowest BCUT2D eigenvalue weighted by Crippen LogP contribution is -2.39. The average Bonchev–Trinajstić information content (AvgIpc) is 2.68. The fraction of sp³-hybridized carbons (Fsp3) is 0.500. The molecule has 7 heteroatoms. The predicted octanol–water partition coefficient (Wildman–Crippen LogP) is 1.50. The van der Waals surface area contributed by atoms with Crippen LogP contribution in [0.15, 0.2) is 30.3 Å². The number of rotatable bonds is 8. The minimum Gasteiger partial charge on any atom is -0.456 e. The molecule has 2 rings (SSSR count). The Bertz CT molecular complexity index is 654.